The van der Waals surface area contributed by atoms with Crippen LogP contribution in [0.15, 0.2) is 35.2 Å². The van der Waals surface area contributed by atoms with Crippen molar-refractivity contribution in [1.29, 1.82) is 0 Å². The minimum absolute atomic E-state index is 0.0307. The van der Waals surface area contributed by atoms with E-state index in [-0.39, 0.29) is 5.69 Å². The quantitative estimate of drug-likeness (QED) is 0.896. The molecule has 1 fully saturated rings. The van der Waals surface area contributed by atoms with E-state index in [1.165, 1.54) is 18.2 Å². The number of nitrogens with zero attached hydrogens (tertiary/aromatic N) is 1. The Hall–Kier alpha value is -2.22. The maximum Gasteiger partial charge on any atom is 0.285 e. The zero-order chi connectivity index (χ0) is 15.0. The molecule has 110 valence electrons. The van der Waals surface area contributed by atoms with Crippen molar-refractivity contribution in [2.75, 3.05) is 0 Å². The van der Waals surface area contributed by atoms with Gasteiger partial charge in [-0.2, -0.15) is 5.10 Å². The Bertz CT molecular complexity index is 796. The molecule has 0 saturated heterocycles. The summed E-state index contributed by atoms with van der Waals surface area (Å²) in [6, 6.07) is 6.36. The summed E-state index contributed by atoms with van der Waals surface area (Å²) < 4.78 is 39.3. The predicted molar refractivity (Wildman–Crippen MR) is 71.6 cm³/mol. The largest absolute Gasteiger partial charge is 0.285 e. The van der Waals surface area contributed by atoms with Gasteiger partial charge in [-0.25, -0.2) is 17.5 Å². The van der Waals surface area contributed by atoms with Gasteiger partial charge in [0.15, 0.2) is 5.69 Å². The van der Waals surface area contributed by atoms with E-state index in [0.717, 1.165) is 30.7 Å². The summed E-state index contributed by atoms with van der Waals surface area (Å²) in [6.07, 6.45) is 2.05. The lowest BCUT2D eigenvalue weighted by atomic mass is 10.2. The first-order valence-corrected chi connectivity index (χ1v) is 7.82. The van der Waals surface area contributed by atoms with Gasteiger partial charge in [-0.15, -0.1) is 0 Å². The Kier molecular flexibility index (Phi) is 3.25. The summed E-state index contributed by atoms with van der Waals surface area (Å²) in [4.78, 5) is 11.3. The topological polar surface area (TPSA) is 91.9 Å². The number of halogens is 1. The van der Waals surface area contributed by atoms with Crippen LogP contribution in [-0.4, -0.2) is 24.5 Å². The minimum Gasteiger partial charge on any atom is -0.281 e. The van der Waals surface area contributed by atoms with E-state index >= 15 is 0 Å². The highest BCUT2D eigenvalue weighted by Crippen LogP contribution is 2.38. The van der Waals surface area contributed by atoms with E-state index in [4.69, 9.17) is 0 Å². The lowest BCUT2D eigenvalue weighted by Gasteiger charge is -2.05. The predicted octanol–water partition coefficient (Wildman–Crippen LogP) is 1.54. The van der Waals surface area contributed by atoms with Crippen LogP contribution in [-0.2, 0) is 10.0 Å². The normalized spacial score (nSPS) is 14.9. The minimum atomic E-state index is -4.26. The molecule has 2 N–H and O–H groups in total. The van der Waals surface area contributed by atoms with Crippen molar-refractivity contribution in [1.82, 2.24) is 14.9 Å². The van der Waals surface area contributed by atoms with Crippen molar-refractivity contribution in [2.24, 2.45) is 0 Å². The van der Waals surface area contributed by atoms with Gasteiger partial charge in [-0.05, 0) is 31.0 Å². The van der Waals surface area contributed by atoms with Gasteiger partial charge in [0, 0.05) is 11.6 Å². The van der Waals surface area contributed by atoms with E-state index in [0.29, 0.717) is 5.92 Å². The number of sulfonamides is 1. The molecule has 0 radical (unpaired) electrons. The molecule has 1 aliphatic carbocycles. The van der Waals surface area contributed by atoms with Crippen molar-refractivity contribution in [3.05, 3.63) is 47.5 Å². The first kappa shape index (κ1) is 13.7. The van der Waals surface area contributed by atoms with Crippen LogP contribution in [0.2, 0.25) is 0 Å². The number of amides is 1. The van der Waals surface area contributed by atoms with Gasteiger partial charge in [0.2, 0.25) is 0 Å². The molecule has 1 aliphatic rings. The van der Waals surface area contributed by atoms with E-state index in [1.54, 1.807) is 0 Å². The van der Waals surface area contributed by atoms with Gasteiger partial charge < -0.3 is 0 Å². The lowest BCUT2D eigenvalue weighted by Crippen LogP contribution is -2.31. The average molecular weight is 309 g/mol. The molecule has 3 rings (SSSR count). The molecule has 0 atom stereocenters. The molecule has 1 aromatic carbocycles. The summed E-state index contributed by atoms with van der Waals surface area (Å²) in [5, 5.41) is 6.49. The number of aromatic amines is 1. The number of hydrogen-bond donors (Lipinski definition) is 2. The maximum atomic E-state index is 13.5. The first-order valence-electron chi connectivity index (χ1n) is 6.34. The molecule has 0 aliphatic heterocycles. The Labute approximate surface area is 120 Å². The van der Waals surface area contributed by atoms with Gasteiger partial charge in [-0.1, -0.05) is 12.1 Å². The summed E-state index contributed by atoms with van der Waals surface area (Å²) in [7, 11) is -4.26. The third kappa shape index (κ3) is 2.80. The molecular formula is C13H12FN3O3S. The van der Waals surface area contributed by atoms with Crippen molar-refractivity contribution in [2.45, 2.75) is 23.7 Å². The molecular weight excluding hydrogens is 297 g/mol. The molecule has 0 bridgehead atoms. The van der Waals surface area contributed by atoms with Crippen LogP contribution in [0.5, 0.6) is 0 Å². The zero-order valence-electron chi connectivity index (χ0n) is 10.8. The molecule has 1 amide bonds. The van der Waals surface area contributed by atoms with Crippen molar-refractivity contribution in [3.63, 3.8) is 0 Å². The van der Waals surface area contributed by atoms with Crippen LogP contribution in [0, 0.1) is 5.82 Å². The number of benzene rings is 1. The highest BCUT2D eigenvalue weighted by atomic mass is 32.2. The number of nitrogens with one attached hydrogen (secondary N) is 2. The molecule has 0 unspecified atom stereocenters. The smallest absolute Gasteiger partial charge is 0.281 e. The van der Waals surface area contributed by atoms with E-state index in [9.17, 15) is 17.6 Å². The molecule has 2 aromatic rings. The van der Waals surface area contributed by atoms with Crippen LogP contribution in [0.3, 0.4) is 0 Å². The number of aromatic nitrogens is 2. The molecule has 21 heavy (non-hydrogen) atoms. The van der Waals surface area contributed by atoms with Crippen molar-refractivity contribution in [3.8, 4) is 0 Å². The van der Waals surface area contributed by atoms with E-state index < -0.39 is 26.6 Å². The van der Waals surface area contributed by atoms with Crippen molar-refractivity contribution >= 4 is 15.9 Å². The van der Waals surface area contributed by atoms with E-state index in [1.807, 2.05) is 4.72 Å². The van der Waals surface area contributed by atoms with Gasteiger partial charge in [-0.3, -0.25) is 9.89 Å². The van der Waals surface area contributed by atoms with Crippen molar-refractivity contribution < 1.29 is 17.6 Å². The lowest BCUT2D eigenvalue weighted by molar-refractivity contribution is 0.0976. The fourth-order valence-electron chi connectivity index (χ4n) is 1.95. The van der Waals surface area contributed by atoms with E-state index in [2.05, 4.69) is 10.2 Å². The Morgan fingerprint density at radius 2 is 2.05 bits per heavy atom. The Morgan fingerprint density at radius 1 is 1.33 bits per heavy atom. The molecule has 0 spiro atoms. The highest BCUT2D eigenvalue weighted by molar-refractivity contribution is 7.90. The Balaban J connectivity index is 1.81. The molecule has 1 heterocycles. The number of carbonyl (C=O) groups excluding carboxylic acids is 1. The third-order valence-corrected chi connectivity index (χ3v) is 4.56. The van der Waals surface area contributed by atoms with Crippen LogP contribution in [0.25, 0.3) is 0 Å². The monoisotopic (exact) mass is 309 g/mol. The fourth-order valence-corrected chi connectivity index (χ4v) is 2.99. The van der Waals surface area contributed by atoms with Crippen LogP contribution in [0.1, 0.15) is 34.9 Å². The maximum absolute atomic E-state index is 13.5. The molecule has 1 saturated carbocycles. The van der Waals surface area contributed by atoms with Gasteiger partial charge in [0.1, 0.15) is 10.7 Å². The summed E-state index contributed by atoms with van der Waals surface area (Å²) in [5.41, 5.74) is 0.778. The SMILES string of the molecule is O=C(NS(=O)(=O)c1ccccc1F)c1cc(C2CC2)[nH]n1. The summed E-state index contributed by atoms with van der Waals surface area (Å²) >= 11 is 0. The van der Waals surface area contributed by atoms with Gasteiger partial charge in [0.25, 0.3) is 15.9 Å². The van der Waals surface area contributed by atoms with Crippen LogP contribution < -0.4 is 4.72 Å². The number of hydrogen-bond acceptors (Lipinski definition) is 4. The first-order chi connectivity index (χ1) is 9.97. The van der Waals surface area contributed by atoms with Gasteiger partial charge >= 0.3 is 0 Å². The zero-order valence-corrected chi connectivity index (χ0v) is 11.7. The Morgan fingerprint density at radius 3 is 2.71 bits per heavy atom. The summed E-state index contributed by atoms with van der Waals surface area (Å²) in [5.74, 6) is -1.44. The molecule has 8 heteroatoms. The van der Waals surface area contributed by atoms with Crippen LogP contribution >= 0.6 is 0 Å². The third-order valence-electron chi connectivity index (χ3n) is 3.20. The second-order valence-electron chi connectivity index (χ2n) is 4.85. The number of carbonyl (C=O) groups is 1. The summed E-state index contributed by atoms with van der Waals surface area (Å²) in [6.45, 7) is 0. The van der Waals surface area contributed by atoms with Crippen LogP contribution in [0.4, 0.5) is 4.39 Å². The molecule has 6 nitrogen and oxygen atoms in total. The number of rotatable bonds is 4. The fraction of sp³-hybridized carbons (Fsp3) is 0.231. The van der Waals surface area contributed by atoms with Gasteiger partial charge in [0.05, 0.1) is 0 Å². The second kappa shape index (κ2) is 4.96. The molecule has 1 aromatic heterocycles. The second-order valence-corrected chi connectivity index (χ2v) is 6.50. The average Bonchev–Trinajstić information content (AvgIpc) is 3.16. The standard InChI is InChI=1S/C13H12FN3O3S/c14-9-3-1-2-4-12(9)21(19,20)17-13(18)11-7-10(15-16-11)8-5-6-8/h1-4,7-8H,5-6H2,(H,15,16)(H,17,18). The highest BCUT2D eigenvalue weighted by Gasteiger charge is 2.28. The number of H-pyrrole nitrogens is 1.